The van der Waals surface area contributed by atoms with E-state index in [1.165, 1.54) is 0 Å². The minimum atomic E-state index is 0.680. The third-order valence-electron chi connectivity index (χ3n) is 5.54. The Labute approximate surface area is 189 Å². The first kappa shape index (κ1) is 19.4. The van der Waals surface area contributed by atoms with Gasteiger partial charge in [0.15, 0.2) is 11.5 Å². The van der Waals surface area contributed by atoms with Crippen molar-refractivity contribution in [2.45, 2.75) is 0 Å². The molecular weight excluding hydrogens is 418 g/mol. The number of hydrogen-bond donors (Lipinski definition) is 2. The smallest absolute Gasteiger partial charge is 0.160 e. The SMILES string of the molecule is c1cc(-c2cc3nc(Nc4cc(-c5ccncc5)[nH]n4)cc(N4CCOCC4)n3n2)ccn1. The van der Waals surface area contributed by atoms with Crippen LogP contribution in [0.3, 0.4) is 0 Å². The lowest BCUT2D eigenvalue weighted by Crippen LogP contribution is -2.37. The van der Waals surface area contributed by atoms with Crippen molar-refractivity contribution in [3.63, 3.8) is 0 Å². The van der Waals surface area contributed by atoms with E-state index in [4.69, 9.17) is 14.8 Å². The van der Waals surface area contributed by atoms with E-state index in [0.29, 0.717) is 24.8 Å². The Balaban J connectivity index is 1.38. The quantitative estimate of drug-likeness (QED) is 0.430. The zero-order valence-electron chi connectivity index (χ0n) is 17.7. The number of nitrogens with zero attached hydrogens (tertiary/aromatic N) is 7. The summed E-state index contributed by atoms with van der Waals surface area (Å²) < 4.78 is 7.44. The Morgan fingerprint density at radius 2 is 1.58 bits per heavy atom. The average Bonchev–Trinajstić information content (AvgIpc) is 3.53. The van der Waals surface area contributed by atoms with Crippen LogP contribution in [0.15, 0.2) is 67.3 Å². The van der Waals surface area contributed by atoms with Crippen molar-refractivity contribution in [1.82, 2.24) is 34.8 Å². The van der Waals surface area contributed by atoms with Crippen molar-refractivity contribution in [3.05, 3.63) is 67.3 Å². The number of nitrogens with one attached hydrogen (secondary N) is 2. The molecule has 1 saturated heterocycles. The lowest BCUT2D eigenvalue weighted by molar-refractivity contribution is 0.122. The predicted octanol–water partition coefficient (Wildman–Crippen LogP) is 3.16. The Morgan fingerprint density at radius 3 is 2.33 bits per heavy atom. The first-order valence-corrected chi connectivity index (χ1v) is 10.7. The number of hydrogen-bond acceptors (Lipinski definition) is 8. The predicted molar refractivity (Wildman–Crippen MR) is 124 cm³/mol. The monoisotopic (exact) mass is 439 g/mol. The molecule has 0 aliphatic carbocycles. The van der Waals surface area contributed by atoms with Crippen molar-refractivity contribution < 1.29 is 4.74 Å². The minimum Gasteiger partial charge on any atom is -0.378 e. The van der Waals surface area contributed by atoms with E-state index in [0.717, 1.165) is 47.1 Å². The zero-order valence-corrected chi connectivity index (χ0v) is 17.7. The lowest BCUT2D eigenvalue weighted by Gasteiger charge is -2.29. The number of anilines is 3. The second-order valence-corrected chi connectivity index (χ2v) is 7.66. The molecule has 2 N–H and O–H groups in total. The van der Waals surface area contributed by atoms with Crippen LogP contribution in [0.2, 0.25) is 0 Å². The van der Waals surface area contributed by atoms with Gasteiger partial charge in [0.25, 0.3) is 0 Å². The highest BCUT2D eigenvalue weighted by atomic mass is 16.5. The maximum Gasteiger partial charge on any atom is 0.160 e. The molecule has 6 rings (SSSR count). The molecule has 0 unspecified atom stereocenters. The van der Waals surface area contributed by atoms with Crippen LogP contribution in [0.5, 0.6) is 0 Å². The molecule has 10 heteroatoms. The van der Waals surface area contributed by atoms with Crippen LogP contribution < -0.4 is 10.2 Å². The molecule has 0 spiro atoms. The minimum absolute atomic E-state index is 0.680. The van der Waals surface area contributed by atoms with Crippen molar-refractivity contribution in [2.75, 3.05) is 36.5 Å². The molecule has 1 fully saturated rings. The van der Waals surface area contributed by atoms with E-state index < -0.39 is 0 Å². The summed E-state index contributed by atoms with van der Waals surface area (Å²) in [6, 6.07) is 13.7. The molecule has 33 heavy (non-hydrogen) atoms. The first-order chi connectivity index (χ1) is 16.3. The number of aromatic amines is 1. The van der Waals surface area contributed by atoms with Crippen LogP contribution in [0.1, 0.15) is 0 Å². The van der Waals surface area contributed by atoms with Crippen molar-refractivity contribution >= 4 is 23.1 Å². The highest BCUT2D eigenvalue weighted by Gasteiger charge is 2.19. The highest BCUT2D eigenvalue weighted by molar-refractivity contribution is 5.70. The van der Waals surface area contributed by atoms with Crippen LogP contribution in [-0.2, 0) is 4.74 Å². The second kappa shape index (κ2) is 8.32. The third-order valence-corrected chi connectivity index (χ3v) is 5.54. The van der Waals surface area contributed by atoms with Crippen LogP contribution in [0.4, 0.5) is 17.5 Å². The van der Waals surface area contributed by atoms with Gasteiger partial charge in [-0.25, -0.2) is 4.98 Å². The van der Waals surface area contributed by atoms with Crippen LogP contribution in [-0.4, -0.2) is 61.1 Å². The van der Waals surface area contributed by atoms with Crippen LogP contribution in [0, 0.1) is 0 Å². The van der Waals surface area contributed by atoms with Gasteiger partial charge in [-0.3, -0.25) is 15.1 Å². The topological polar surface area (TPSA) is 109 Å². The Morgan fingerprint density at radius 1 is 0.848 bits per heavy atom. The molecule has 6 heterocycles. The van der Waals surface area contributed by atoms with Gasteiger partial charge in [-0.15, -0.1) is 0 Å². The summed E-state index contributed by atoms with van der Waals surface area (Å²) in [6.07, 6.45) is 7.04. The van der Waals surface area contributed by atoms with Gasteiger partial charge in [0.2, 0.25) is 0 Å². The Kier molecular flexibility index (Phi) is 4.89. The molecule has 1 aliphatic heterocycles. The number of rotatable bonds is 5. The summed E-state index contributed by atoms with van der Waals surface area (Å²) in [5.41, 5.74) is 4.50. The molecule has 0 radical (unpaired) electrons. The van der Waals surface area contributed by atoms with Gasteiger partial charge in [-0.05, 0) is 24.3 Å². The van der Waals surface area contributed by atoms with Gasteiger partial charge in [-0.2, -0.15) is 14.7 Å². The number of fused-ring (bicyclic) bond motifs is 1. The standard InChI is InChI=1S/C23H21N9O/c1-5-24-6-2-16(1)18-13-21(29-28-18)26-20-15-23(31-9-11-33-12-10-31)32-22(27-20)14-19(30-32)17-3-7-25-8-4-17/h1-8,13-15H,9-12H2,(H2,26,27,28,29). The molecule has 0 amide bonds. The summed E-state index contributed by atoms with van der Waals surface area (Å²) in [4.78, 5) is 15.2. The van der Waals surface area contributed by atoms with Crippen molar-refractivity contribution in [2.24, 2.45) is 0 Å². The van der Waals surface area contributed by atoms with Crippen molar-refractivity contribution in [3.8, 4) is 22.5 Å². The van der Waals surface area contributed by atoms with E-state index in [2.05, 4.69) is 30.4 Å². The lowest BCUT2D eigenvalue weighted by atomic mass is 10.2. The normalized spacial score (nSPS) is 14.0. The summed E-state index contributed by atoms with van der Waals surface area (Å²) in [5.74, 6) is 2.33. The van der Waals surface area contributed by atoms with E-state index in [1.54, 1.807) is 24.8 Å². The first-order valence-electron chi connectivity index (χ1n) is 10.7. The Hall–Kier alpha value is -4.31. The molecule has 10 nitrogen and oxygen atoms in total. The van der Waals surface area contributed by atoms with Gasteiger partial charge in [0.05, 0.1) is 24.6 Å². The van der Waals surface area contributed by atoms with Crippen LogP contribution in [0.25, 0.3) is 28.2 Å². The Bertz CT molecular complexity index is 1380. The van der Waals surface area contributed by atoms with Gasteiger partial charge in [0.1, 0.15) is 11.6 Å². The van der Waals surface area contributed by atoms with E-state index >= 15 is 0 Å². The second-order valence-electron chi connectivity index (χ2n) is 7.66. The highest BCUT2D eigenvalue weighted by Crippen LogP contribution is 2.27. The number of morpholine rings is 1. The van der Waals surface area contributed by atoms with Crippen LogP contribution >= 0.6 is 0 Å². The molecule has 1 aliphatic rings. The fraction of sp³-hybridized carbons (Fsp3) is 0.174. The zero-order chi connectivity index (χ0) is 22.0. The van der Waals surface area contributed by atoms with E-state index in [-0.39, 0.29) is 0 Å². The van der Waals surface area contributed by atoms with Gasteiger partial charge >= 0.3 is 0 Å². The molecule has 0 bridgehead atoms. The fourth-order valence-electron chi connectivity index (χ4n) is 3.90. The van der Waals surface area contributed by atoms with E-state index in [9.17, 15) is 0 Å². The van der Waals surface area contributed by atoms with Gasteiger partial charge in [-0.1, -0.05) is 0 Å². The van der Waals surface area contributed by atoms with Gasteiger partial charge in [0, 0.05) is 67.2 Å². The number of pyridine rings is 2. The molecule has 5 aromatic heterocycles. The largest absolute Gasteiger partial charge is 0.378 e. The fourth-order valence-corrected chi connectivity index (χ4v) is 3.90. The molecule has 164 valence electrons. The summed E-state index contributed by atoms with van der Waals surface area (Å²) in [5, 5.41) is 15.6. The summed E-state index contributed by atoms with van der Waals surface area (Å²) >= 11 is 0. The maximum atomic E-state index is 5.55. The molecule has 0 aromatic carbocycles. The summed E-state index contributed by atoms with van der Waals surface area (Å²) in [6.45, 7) is 2.94. The maximum absolute atomic E-state index is 5.55. The molecule has 5 aromatic rings. The van der Waals surface area contributed by atoms with Crippen molar-refractivity contribution in [1.29, 1.82) is 0 Å². The average molecular weight is 439 g/mol. The molecular formula is C23H21N9O. The van der Waals surface area contributed by atoms with Gasteiger partial charge < -0.3 is 15.0 Å². The number of H-pyrrole nitrogens is 1. The third kappa shape index (κ3) is 3.87. The molecule has 0 atom stereocenters. The molecule has 0 saturated carbocycles. The number of aromatic nitrogens is 7. The summed E-state index contributed by atoms with van der Waals surface area (Å²) in [7, 11) is 0. The number of ether oxygens (including phenoxy) is 1. The van der Waals surface area contributed by atoms with E-state index in [1.807, 2.05) is 47.0 Å².